The van der Waals surface area contributed by atoms with Gasteiger partial charge in [0.1, 0.15) is 0 Å². The zero-order valence-electron chi connectivity index (χ0n) is 10.4. The summed E-state index contributed by atoms with van der Waals surface area (Å²) in [6.07, 6.45) is 3.18. The van der Waals surface area contributed by atoms with Crippen molar-refractivity contribution in [1.82, 2.24) is 5.32 Å². The molecule has 2 atom stereocenters. The van der Waals surface area contributed by atoms with Crippen LogP contribution in [0.2, 0.25) is 0 Å². The monoisotopic (exact) mass is 219 g/mol. The van der Waals surface area contributed by atoms with Crippen molar-refractivity contribution in [2.75, 3.05) is 19.1 Å². The fourth-order valence-electron chi connectivity index (χ4n) is 1.66. The van der Waals surface area contributed by atoms with Gasteiger partial charge in [0.2, 0.25) is 0 Å². The maximum atomic E-state index is 5.40. The molecule has 2 unspecified atom stereocenters. The zero-order chi connectivity index (χ0) is 11.2. The molecule has 0 radical (unpaired) electrons. The standard InChI is InChI=1S/C11H25NOS/c1-9(7-11(3,4)13-5)12-10(2)8-14-6/h9-10,12H,7-8H2,1-6H3. The Morgan fingerprint density at radius 1 is 1.29 bits per heavy atom. The van der Waals surface area contributed by atoms with E-state index in [-0.39, 0.29) is 5.60 Å². The van der Waals surface area contributed by atoms with Crippen molar-refractivity contribution in [1.29, 1.82) is 0 Å². The van der Waals surface area contributed by atoms with Crippen LogP contribution in [0.4, 0.5) is 0 Å². The molecule has 0 aromatic heterocycles. The molecule has 0 fully saturated rings. The first-order chi connectivity index (χ1) is 6.41. The van der Waals surface area contributed by atoms with Crippen LogP contribution in [0.25, 0.3) is 0 Å². The Bertz CT molecular complexity index is 150. The van der Waals surface area contributed by atoms with Crippen LogP contribution in [0.5, 0.6) is 0 Å². The lowest BCUT2D eigenvalue weighted by Crippen LogP contribution is -2.41. The molecule has 0 saturated carbocycles. The number of rotatable bonds is 7. The summed E-state index contributed by atoms with van der Waals surface area (Å²) in [5.74, 6) is 1.16. The Morgan fingerprint density at radius 3 is 2.29 bits per heavy atom. The molecule has 0 aliphatic rings. The molecule has 0 saturated heterocycles. The Balaban J connectivity index is 3.79. The van der Waals surface area contributed by atoms with Crippen LogP contribution in [0, 0.1) is 0 Å². The number of hydrogen-bond acceptors (Lipinski definition) is 3. The summed E-state index contributed by atoms with van der Waals surface area (Å²) in [5.41, 5.74) is -0.0223. The average molecular weight is 219 g/mol. The normalized spacial score (nSPS) is 16.7. The highest BCUT2D eigenvalue weighted by Crippen LogP contribution is 2.15. The highest BCUT2D eigenvalue weighted by atomic mass is 32.2. The number of ether oxygens (including phenoxy) is 1. The molecule has 0 aromatic carbocycles. The molecule has 0 amide bonds. The molecule has 0 aliphatic heterocycles. The van der Waals surface area contributed by atoms with E-state index in [1.54, 1.807) is 7.11 Å². The second-order valence-corrected chi connectivity index (χ2v) is 5.50. The minimum absolute atomic E-state index is 0.0223. The van der Waals surface area contributed by atoms with Gasteiger partial charge in [0.05, 0.1) is 5.60 Å². The molecule has 0 spiro atoms. The smallest absolute Gasteiger partial charge is 0.0637 e. The highest BCUT2D eigenvalue weighted by Gasteiger charge is 2.20. The van der Waals surface area contributed by atoms with Crippen LogP contribution in [-0.4, -0.2) is 36.8 Å². The van der Waals surface area contributed by atoms with Crippen molar-refractivity contribution in [2.24, 2.45) is 0 Å². The van der Waals surface area contributed by atoms with E-state index in [2.05, 4.69) is 39.3 Å². The predicted octanol–water partition coefficient (Wildman–Crippen LogP) is 2.53. The average Bonchev–Trinajstić information content (AvgIpc) is 2.03. The molecular formula is C11H25NOS. The van der Waals surface area contributed by atoms with E-state index < -0.39 is 0 Å². The largest absolute Gasteiger partial charge is 0.379 e. The van der Waals surface area contributed by atoms with Gasteiger partial charge in [0.25, 0.3) is 0 Å². The van der Waals surface area contributed by atoms with Gasteiger partial charge in [-0.05, 0) is 40.4 Å². The van der Waals surface area contributed by atoms with Crippen LogP contribution >= 0.6 is 11.8 Å². The molecular weight excluding hydrogens is 194 g/mol. The number of thioether (sulfide) groups is 1. The maximum Gasteiger partial charge on any atom is 0.0637 e. The van der Waals surface area contributed by atoms with Gasteiger partial charge in [-0.2, -0.15) is 11.8 Å². The van der Waals surface area contributed by atoms with Gasteiger partial charge in [0, 0.05) is 24.9 Å². The van der Waals surface area contributed by atoms with Crippen molar-refractivity contribution in [3.8, 4) is 0 Å². The van der Waals surface area contributed by atoms with Crippen LogP contribution in [0.3, 0.4) is 0 Å². The van der Waals surface area contributed by atoms with E-state index in [0.29, 0.717) is 12.1 Å². The van der Waals surface area contributed by atoms with E-state index >= 15 is 0 Å². The van der Waals surface area contributed by atoms with Gasteiger partial charge >= 0.3 is 0 Å². The lowest BCUT2D eigenvalue weighted by Gasteiger charge is -2.28. The second-order valence-electron chi connectivity index (χ2n) is 4.59. The van der Waals surface area contributed by atoms with E-state index in [4.69, 9.17) is 4.74 Å². The van der Waals surface area contributed by atoms with E-state index in [1.165, 1.54) is 0 Å². The fraction of sp³-hybridized carbons (Fsp3) is 1.00. The SMILES string of the molecule is COC(C)(C)CC(C)NC(C)CSC. The van der Waals surface area contributed by atoms with Gasteiger partial charge in [0.15, 0.2) is 0 Å². The number of methoxy groups -OCH3 is 1. The Kier molecular flexibility index (Phi) is 6.83. The summed E-state index contributed by atoms with van der Waals surface area (Å²) < 4.78 is 5.40. The molecule has 1 N–H and O–H groups in total. The summed E-state index contributed by atoms with van der Waals surface area (Å²) in [6, 6.07) is 1.08. The molecule has 86 valence electrons. The van der Waals surface area contributed by atoms with E-state index in [0.717, 1.165) is 12.2 Å². The summed E-state index contributed by atoms with van der Waals surface area (Å²) in [4.78, 5) is 0. The van der Waals surface area contributed by atoms with Crippen LogP contribution in [0.15, 0.2) is 0 Å². The molecule has 0 rings (SSSR count). The van der Waals surface area contributed by atoms with Gasteiger partial charge in [-0.3, -0.25) is 0 Å². The first-order valence-electron chi connectivity index (χ1n) is 5.21. The van der Waals surface area contributed by atoms with Crippen molar-refractivity contribution in [3.05, 3.63) is 0 Å². The quantitative estimate of drug-likeness (QED) is 0.711. The summed E-state index contributed by atoms with van der Waals surface area (Å²) in [5, 5.41) is 3.57. The molecule has 0 bridgehead atoms. The third-order valence-corrected chi connectivity index (χ3v) is 3.17. The molecule has 0 heterocycles. The lowest BCUT2D eigenvalue weighted by molar-refractivity contribution is 0.00805. The van der Waals surface area contributed by atoms with Crippen LogP contribution in [0.1, 0.15) is 34.1 Å². The summed E-state index contributed by atoms with van der Waals surface area (Å²) in [6.45, 7) is 8.71. The molecule has 2 nitrogen and oxygen atoms in total. The summed E-state index contributed by atoms with van der Waals surface area (Å²) in [7, 11) is 1.78. The first kappa shape index (κ1) is 14.3. The maximum absolute atomic E-state index is 5.40. The Labute approximate surface area is 93.2 Å². The molecule has 3 heteroatoms. The van der Waals surface area contributed by atoms with Crippen molar-refractivity contribution in [2.45, 2.75) is 51.8 Å². The molecule has 14 heavy (non-hydrogen) atoms. The third-order valence-electron chi connectivity index (χ3n) is 2.34. The van der Waals surface area contributed by atoms with E-state index in [9.17, 15) is 0 Å². The highest BCUT2D eigenvalue weighted by molar-refractivity contribution is 7.98. The minimum atomic E-state index is -0.0223. The molecule has 0 aliphatic carbocycles. The third kappa shape index (κ3) is 6.68. The van der Waals surface area contributed by atoms with Gasteiger partial charge < -0.3 is 10.1 Å². The van der Waals surface area contributed by atoms with Gasteiger partial charge in [-0.25, -0.2) is 0 Å². The number of hydrogen-bond donors (Lipinski definition) is 1. The van der Waals surface area contributed by atoms with Crippen molar-refractivity contribution >= 4 is 11.8 Å². The van der Waals surface area contributed by atoms with E-state index in [1.807, 2.05) is 11.8 Å². The van der Waals surface area contributed by atoms with Gasteiger partial charge in [-0.1, -0.05) is 0 Å². The Morgan fingerprint density at radius 2 is 1.86 bits per heavy atom. The first-order valence-corrected chi connectivity index (χ1v) is 6.61. The predicted molar refractivity (Wildman–Crippen MR) is 66.1 cm³/mol. The zero-order valence-corrected chi connectivity index (χ0v) is 11.2. The lowest BCUT2D eigenvalue weighted by atomic mass is 9.99. The van der Waals surface area contributed by atoms with Crippen LogP contribution < -0.4 is 5.32 Å². The number of nitrogens with one attached hydrogen (secondary N) is 1. The van der Waals surface area contributed by atoms with Crippen molar-refractivity contribution < 1.29 is 4.74 Å². The van der Waals surface area contributed by atoms with Crippen LogP contribution in [-0.2, 0) is 4.74 Å². The van der Waals surface area contributed by atoms with Gasteiger partial charge in [-0.15, -0.1) is 0 Å². The molecule has 0 aromatic rings. The fourth-order valence-corrected chi connectivity index (χ4v) is 2.26. The topological polar surface area (TPSA) is 21.3 Å². The summed E-state index contributed by atoms with van der Waals surface area (Å²) >= 11 is 1.88. The Hall–Kier alpha value is 0.270. The van der Waals surface area contributed by atoms with Crippen molar-refractivity contribution in [3.63, 3.8) is 0 Å². The second kappa shape index (κ2) is 6.70. The minimum Gasteiger partial charge on any atom is -0.379 e.